The van der Waals surface area contributed by atoms with E-state index in [1.807, 2.05) is 6.07 Å². The SMILES string of the molecule is C[C@]12CCC3c4ccc(OS(=O)(=O)O)cc4CCC3C1C[C@@H](O)[C@@H]2O. The minimum Gasteiger partial charge on any atom is -0.390 e. The monoisotopic (exact) mass is 368 g/mol. The summed E-state index contributed by atoms with van der Waals surface area (Å²) in [6.45, 7) is 2.10. The first kappa shape index (κ1) is 17.3. The molecule has 2 fully saturated rings. The van der Waals surface area contributed by atoms with Crippen LogP contribution in [-0.4, -0.2) is 35.4 Å². The Bertz CT molecular complexity index is 791. The maximum Gasteiger partial charge on any atom is 0.446 e. The number of aryl methyl sites for hydroxylation is 1. The third-order valence-corrected chi connectivity index (χ3v) is 7.28. The van der Waals surface area contributed by atoms with Crippen LogP contribution in [0.15, 0.2) is 18.2 Å². The molecular weight excluding hydrogens is 344 g/mol. The molecule has 0 saturated heterocycles. The Hall–Kier alpha value is -1.15. The summed E-state index contributed by atoms with van der Waals surface area (Å²) in [6, 6.07) is 5.18. The standard InChI is InChI=1S/C18H24O6S/c1-18-7-6-13-12-5-3-11(24-25(21,22)23)8-10(12)2-4-14(13)15(18)9-16(19)17(18)20/h3,5,8,13-17,19-20H,2,4,6-7,9H2,1H3,(H,21,22,23)/t13?,14?,15?,16-,17+,18+/m1/s1. The van der Waals surface area contributed by atoms with Crippen molar-refractivity contribution in [2.75, 3.05) is 0 Å². The number of rotatable bonds is 2. The first-order valence-electron chi connectivity index (χ1n) is 8.85. The Morgan fingerprint density at radius 1 is 1.24 bits per heavy atom. The van der Waals surface area contributed by atoms with Gasteiger partial charge in [-0.1, -0.05) is 13.0 Å². The summed E-state index contributed by atoms with van der Waals surface area (Å²) in [5.74, 6) is 1.22. The van der Waals surface area contributed by atoms with Crippen molar-refractivity contribution >= 4 is 10.4 Å². The van der Waals surface area contributed by atoms with Gasteiger partial charge >= 0.3 is 10.4 Å². The van der Waals surface area contributed by atoms with E-state index in [0.717, 1.165) is 31.2 Å². The van der Waals surface area contributed by atoms with Crippen molar-refractivity contribution in [1.82, 2.24) is 0 Å². The zero-order valence-electron chi connectivity index (χ0n) is 14.1. The molecule has 6 atom stereocenters. The lowest BCUT2D eigenvalue weighted by Gasteiger charge is -2.49. The number of aliphatic hydroxyl groups excluding tert-OH is 2. The van der Waals surface area contributed by atoms with Crippen LogP contribution in [0.5, 0.6) is 5.75 Å². The van der Waals surface area contributed by atoms with Gasteiger partial charge in [0.05, 0.1) is 12.2 Å². The number of benzene rings is 1. The van der Waals surface area contributed by atoms with Gasteiger partial charge in [-0.15, -0.1) is 0 Å². The summed E-state index contributed by atoms with van der Waals surface area (Å²) in [5, 5.41) is 20.6. The molecule has 3 unspecified atom stereocenters. The molecule has 2 saturated carbocycles. The molecule has 1 aromatic carbocycles. The molecule has 1 aromatic rings. The summed E-state index contributed by atoms with van der Waals surface area (Å²) in [7, 11) is -4.51. The van der Waals surface area contributed by atoms with E-state index in [1.165, 1.54) is 5.56 Å². The van der Waals surface area contributed by atoms with E-state index in [1.54, 1.807) is 12.1 Å². The molecule has 0 bridgehead atoms. The smallest absolute Gasteiger partial charge is 0.390 e. The third-order valence-electron chi connectivity index (χ3n) is 6.87. The molecule has 4 rings (SSSR count). The summed E-state index contributed by atoms with van der Waals surface area (Å²) in [4.78, 5) is 0. The van der Waals surface area contributed by atoms with E-state index in [0.29, 0.717) is 24.2 Å². The summed E-state index contributed by atoms with van der Waals surface area (Å²) in [6.07, 6.45) is 2.95. The van der Waals surface area contributed by atoms with Crippen LogP contribution in [0.4, 0.5) is 0 Å². The largest absolute Gasteiger partial charge is 0.446 e. The van der Waals surface area contributed by atoms with Gasteiger partial charge in [0.1, 0.15) is 5.75 Å². The molecule has 6 nitrogen and oxygen atoms in total. The second kappa shape index (κ2) is 5.67. The zero-order chi connectivity index (χ0) is 18.0. The Labute approximate surface area is 147 Å². The molecule has 7 heteroatoms. The minimum absolute atomic E-state index is 0.132. The van der Waals surface area contributed by atoms with Crippen LogP contribution >= 0.6 is 0 Å². The van der Waals surface area contributed by atoms with Crippen LogP contribution in [-0.2, 0) is 16.8 Å². The predicted molar refractivity (Wildman–Crippen MR) is 90.6 cm³/mol. The van der Waals surface area contributed by atoms with Crippen molar-refractivity contribution in [3.8, 4) is 5.75 Å². The van der Waals surface area contributed by atoms with Gasteiger partial charge in [-0.2, -0.15) is 8.42 Å². The molecule has 3 aliphatic carbocycles. The molecule has 0 amide bonds. The van der Waals surface area contributed by atoms with Gasteiger partial charge in [-0.3, -0.25) is 4.55 Å². The molecule has 3 N–H and O–H groups in total. The summed E-state index contributed by atoms with van der Waals surface area (Å²) >= 11 is 0. The fraction of sp³-hybridized carbons (Fsp3) is 0.667. The van der Waals surface area contributed by atoms with Crippen LogP contribution in [0.2, 0.25) is 0 Å². The average molecular weight is 368 g/mol. The molecule has 0 aliphatic heterocycles. The molecule has 25 heavy (non-hydrogen) atoms. The van der Waals surface area contributed by atoms with Crippen LogP contribution in [0.1, 0.15) is 49.7 Å². The van der Waals surface area contributed by atoms with E-state index < -0.39 is 22.6 Å². The van der Waals surface area contributed by atoms with Crippen molar-refractivity contribution in [2.24, 2.45) is 17.3 Å². The first-order valence-corrected chi connectivity index (χ1v) is 10.2. The maximum atomic E-state index is 10.9. The normalized spacial score (nSPS) is 40.1. The van der Waals surface area contributed by atoms with Crippen LogP contribution in [0, 0.1) is 17.3 Å². The average Bonchev–Trinajstić information content (AvgIpc) is 2.76. The van der Waals surface area contributed by atoms with E-state index >= 15 is 0 Å². The topological polar surface area (TPSA) is 104 Å². The van der Waals surface area contributed by atoms with Gasteiger partial charge in [0, 0.05) is 0 Å². The van der Waals surface area contributed by atoms with Gasteiger partial charge in [0.25, 0.3) is 0 Å². The minimum atomic E-state index is -4.51. The van der Waals surface area contributed by atoms with Crippen molar-refractivity contribution in [1.29, 1.82) is 0 Å². The van der Waals surface area contributed by atoms with Crippen LogP contribution in [0.25, 0.3) is 0 Å². The van der Waals surface area contributed by atoms with Crippen molar-refractivity contribution in [3.63, 3.8) is 0 Å². The predicted octanol–water partition coefficient (Wildman–Crippen LogP) is 2.06. The summed E-state index contributed by atoms with van der Waals surface area (Å²) in [5.41, 5.74) is 2.05. The fourth-order valence-corrected chi connectivity index (χ4v) is 6.07. The van der Waals surface area contributed by atoms with Crippen molar-refractivity contribution in [3.05, 3.63) is 29.3 Å². The highest BCUT2D eigenvalue weighted by molar-refractivity contribution is 7.81. The molecule has 3 aliphatic rings. The molecule has 0 heterocycles. The lowest BCUT2D eigenvalue weighted by molar-refractivity contribution is -0.0505. The lowest BCUT2D eigenvalue weighted by atomic mass is 9.55. The van der Waals surface area contributed by atoms with Gasteiger partial charge in [-0.05, 0) is 78.5 Å². The van der Waals surface area contributed by atoms with Crippen molar-refractivity contribution < 1.29 is 27.4 Å². The van der Waals surface area contributed by atoms with Gasteiger partial charge in [0.2, 0.25) is 0 Å². The fourth-order valence-electron chi connectivity index (χ4n) is 5.72. The molecule has 0 aromatic heterocycles. The van der Waals surface area contributed by atoms with E-state index in [-0.39, 0.29) is 11.2 Å². The molecule has 0 spiro atoms. The van der Waals surface area contributed by atoms with Gasteiger partial charge in [0.15, 0.2) is 0 Å². The van der Waals surface area contributed by atoms with Crippen LogP contribution < -0.4 is 4.18 Å². The Morgan fingerprint density at radius 2 is 2.00 bits per heavy atom. The Balaban J connectivity index is 1.64. The highest BCUT2D eigenvalue weighted by Crippen LogP contribution is 2.60. The number of hydrogen-bond acceptors (Lipinski definition) is 5. The molecule has 138 valence electrons. The zero-order valence-corrected chi connectivity index (χ0v) is 14.9. The quantitative estimate of drug-likeness (QED) is 0.690. The number of aliphatic hydroxyl groups is 2. The number of fused-ring (bicyclic) bond motifs is 5. The Kier molecular flexibility index (Phi) is 3.92. The maximum absolute atomic E-state index is 10.9. The second-order valence-corrected chi connectivity index (χ2v) is 9.10. The highest BCUT2D eigenvalue weighted by atomic mass is 32.3. The molecular formula is C18H24O6S. The van der Waals surface area contributed by atoms with Gasteiger partial charge < -0.3 is 14.4 Å². The third kappa shape index (κ3) is 2.77. The lowest BCUT2D eigenvalue weighted by Crippen LogP contribution is -2.44. The van der Waals surface area contributed by atoms with E-state index in [9.17, 15) is 18.6 Å². The summed E-state index contributed by atoms with van der Waals surface area (Å²) < 4.78 is 35.2. The van der Waals surface area contributed by atoms with E-state index in [2.05, 4.69) is 11.1 Å². The highest BCUT2D eigenvalue weighted by Gasteiger charge is 2.57. The second-order valence-electron chi connectivity index (χ2n) is 8.08. The first-order chi connectivity index (χ1) is 11.7. The molecule has 0 radical (unpaired) electrons. The Morgan fingerprint density at radius 3 is 2.72 bits per heavy atom. The van der Waals surface area contributed by atoms with Crippen LogP contribution in [0.3, 0.4) is 0 Å². The van der Waals surface area contributed by atoms with Gasteiger partial charge in [-0.25, -0.2) is 0 Å². The van der Waals surface area contributed by atoms with Crippen molar-refractivity contribution in [2.45, 2.75) is 57.2 Å². The van der Waals surface area contributed by atoms with E-state index in [4.69, 9.17) is 4.55 Å². The number of hydrogen-bond donors (Lipinski definition) is 3.